The summed E-state index contributed by atoms with van der Waals surface area (Å²) in [6.45, 7) is 6.91. The molecular formula is C23H30F3N5O3. The van der Waals surface area contributed by atoms with Gasteiger partial charge in [0.15, 0.2) is 11.6 Å². The number of fused-ring (bicyclic) bond motifs is 2. The molecular weight excluding hydrogens is 451 g/mol. The van der Waals surface area contributed by atoms with Gasteiger partial charge in [0, 0.05) is 25.1 Å². The van der Waals surface area contributed by atoms with Gasteiger partial charge < -0.3 is 19.9 Å². The quantitative estimate of drug-likeness (QED) is 0.339. The molecule has 3 rings (SSSR count). The van der Waals surface area contributed by atoms with Gasteiger partial charge in [0.1, 0.15) is 17.3 Å². The van der Waals surface area contributed by atoms with Crippen LogP contribution in [0.5, 0.6) is 0 Å². The van der Waals surface area contributed by atoms with Crippen LogP contribution in [0.15, 0.2) is 12.1 Å². The van der Waals surface area contributed by atoms with Crippen molar-refractivity contribution in [3.8, 4) is 0 Å². The van der Waals surface area contributed by atoms with Crippen LogP contribution in [-0.4, -0.2) is 63.7 Å². The molecule has 34 heavy (non-hydrogen) atoms. The summed E-state index contributed by atoms with van der Waals surface area (Å²) in [5, 5.41) is 18.8. The van der Waals surface area contributed by atoms with Crippen LogP contribution >= 0.6 is 0 Å². The molecule has 0 spiro atoms. The second-order valence-corrected chi connectivity index (χ2v) is 9.74. The van der Waals surface area contributed by atoms with Gasteiger partial charge in [0.2, 0.25) is 5.91 Å². The number of ether oxygens (including phenoxy) is 1. The van der Waals surface area contributed by atoms with Crippen molar-refractivity contribution < 1.29 is 27.5 Å². The lowest BCUT2D eigenvalue weighted by atomic mass is 10.0. The highest BCUT2D eigenvalue weighted by Gasteiger charge is 2.46. The Kier molecular flexibility index (Phi) is 7.23. The summed E-state index contributed by atoms with van der Waals surface area (Å²) in [6.07, 6.45) is -0.0822. The average molecular weight is 482 g/mol. The summed E-state index contributed by atoms with van der Waals surface area (Å²) in [7, 11) is 0. The minimum absolute atomic E-state index is 0.165. The number of carbonyl (C=O) groups is 2. The number of nitrogens with zero attached hydrogens (tertiary/aromatic N) is 2. The number of piperazine rings is 1. The topological polar surface area (TPSA) is 110 Å². The molecule has 2 heterocycles. The number of alkyl carbamates (subject to hydrolysis) is 1. The first-order valence-corrected chi connectivity index (χ1v) is 11.1. The predicted octanol–water partition coefficient (Wildman–Crippen LogP) is 3.58. The number of hydrogen-bond donors (Lipinski definition) is 3. The minimum Gasteiger partial charge on any atom is -0.444 e. The smallest absolute Gasteiger partial charge is 0.407 e. The second kappa shape index (κ2) is 9.63. The minimum atomic E-state index is -1.33. The van der Waals surface area contributed by atoms with Gasteiger partial charge in [0.05, 0.1) is 17.9 Å². The highest BCUT2D eigenvalue weighted by molar-refractivity contribution is 6.02. The molecule has 186 valence electrons. The SMILES string of the molecule is CC(=N)N1C[C@H]2CC[C@@H](C1=N)N2C(=O)C[C@@H](Cc1cc(F)c(F)cc1F)NC(=O)OC(C)(C)C. The van der Waals surface area contributed by atoms with Crippen molar-refractivity contribution in [2.24, 2.45) is 0 Å². The average Bonchev–Trinajstić information content (AvgIpc) is 3.04. The number of likely N-dealkylation sites (tertiary alicyclic amines) is 1. The lowest BCUT2D eigenvalue weighted by molar-refractivity contribution is -0.134. The zero-order chi connectivity index (χ0) is 25.4. The first-order valence-electron chi connectivity index (χ1n) is 11.1. The largest absolute Gasteiger partial charge is 0.444 e. The number of benzene rings is 1. The van der Waals surface area contributed by atoms with Crippen LogP contribution in [0, 0.1) is 28.3 Å². The van der Waals surface area contributed by atoms with Gasteiger partial charge in [-0.05, 0) is 58.6 Å². The molecule has 0 aliphatic carbocycles. The molecule has 2 amide bonds. The fraction of sp³-hybridized carbons (Fsp3) is 0.565. The molecule has 2 aliphatic rings. The van der Waals surface area contributed by atoms with E-state index in [0.29, 0.717) is 31.5 Å². The van der Waals surface area contributed by atoms with E-state index >= 15 is 0 Å². The normalized spacial score (nSPS) is 20.9. The Morgan fingerprint density at radius 3 is 2.44 bits per heavy atom. The molecule has 2 bridgehead atoms. The first kappa shape index (κ1) is 25.5. The van der Waals surface area contributed by atoms with E-state index in [4.69, 9.17) is 15.6 Å². The van der Waals surface area contributed by atoms with Gasteiger partial charge in [-0.2, -0.15) is 0 Å². The third-order valence-corrected chi connectivity index (χ3v) is 5.89. The lowest BCUT2D eigenvalue weighted by Gasteiger charge is -2.42. The highest BCUT2D eigenvalue weighted by Crippen LogP contribution is 2.32. The van der Waals surface area contributed by atoms with Gasteiger partial charge >= 0.3 is 6.09 Å². The van der Waals surface area contributed by atoms with Gasteiger partial charge in [-0.3, -0.25) is 15.6 Å². The van der Waals surface area contributed by atoms with Crippen LogP contribution in [0.4, 0.5) is 18.0 Å². The fourth-order valence-electron chi connectivity index (χ4n) is 4.46. The summed E-state index contributed by atoms with van der Waals surface area (Å²) in [4.78, 5) is 28.8. The molecule has 11 heteroatoms. The van der Waals surface area contributed by atoms with Crippen LogP contribution in [-0.2, 0) is 16.0 Å². The van der Waals surface area contributed by atoms with Gasteiger partial charge in [-0.25, -0.2) is 18.0 Å². The molecule has 0 unspecified atom stereocenters. The number of nitrogens with one attached hydrogen (secondary N) is 3. The fourth-order valence-corrected chi connectivity index (χ4v) is 4.46. The number of amides is 2. The third kappa shape index (κ3) is 5.68. The van der Waals surface area contributed by atoms with E-state index in [1.807, 2.05) is 0 Å². The molecule has 1 aromatic carbocycles. The van der Waals surface area contributed by atoms with Crippen LogP contribution in [0.1, 0.15) is 52.5 Å². The van der Waals surface area contributed by atoms with Crippen molar-refractivity contribution in [1.29, 1.82) is 10.8 Å². The van der Waals surface area contributed by atoms with E-state index in [1.165, 1.54) is 0 Å². The summed E-state index contributed by atoms with van der Waals surface area (Å²) in [5.41, 5.74) is -1.01. The summed E-state index contributed by atoms with van der Waals surface area (Å²) < 4.78 is 46.6. The van der Waals surface area contributed by atoms with Crippen molar-refractivity contribution in [3.63, 3.8) is 0 Å². The Morgan fingerprint density at radius 1 is 1.18 bits per heavy atom. The third-order valence-electron chi connectivity index (χ3n) is 5.89. The summed E-state index contributed by atoms with van der Waals surface area (Å²) in [6, 6.07) is -0.512. The van der Waals surface area contributed by atoms with Gasteiger partial charge in [0.25, 0.3) is 0 Å². The van der Waals surface area contributed by atoms with Gasteiger partial charge in [-0.1, -0.05) is 0 Å². The maximum atomic E-state index is 14.3. The van der Waals surface area contributed by atoms with Crippen LogP contribution < -0.4 is 5.32 Å². The Bertz CT molecular complexity index is 1010. The summed E-state index contributed by atoms with van der Waals surface area (Å²) in [5.74, 6) is -3.51. The number of rotatable bonds is 5. The second-order valence-electron chi connectivity index (χ2n) is 9.74. The van der Waals surface area contributed by atoms with E-state index in [1.54, 1.807) is 37.5 Å². The van der Waals surface area contributed by atoms with Crippen molar-refractivity contribution >= 4 is 23.7 Å². The molecule has 0 saturated carbocycles. The maximum absolute atomic E-state index is 14.3. The lowest BCUT2D eigenvalue weighted by Crippen LogP contribution is -2.60. The molecule has 0 aromatic heterocycles. The van der Waals surface area contributed by atoms with Crippen molar-refractivity contribution in [2.45, 2.75) is 77.1 Å². The van der Waals surface area contributed by atoms with Crippen LogP contribution in [0.25, 0.3) is 0 Å². The van der Waals surface area contributed by atoms with E-state index < -0.39 is 41.2 Å². The van der Waals surface area contributed by atoms with E-state index in [-0.39, 0.29) is 42.0 Å². The Balaban J connectivity index is 1.80. The zero-order valence-electron chi connectivity index (χ0n) is 19.7. The van der Waals surface area contributed by atoms with E-state index in [2.05, 4.69) is 5.32 Å². The monoisotopic (exact) mass is 481 g/mol. The molecule has 0 radical (unpaired) electrons. The highest BCUT2D eigenvalue weighted by atomic mass is 19.2. The molecule has 1 aromatic rings. The molecule has 2 fully saturated rings. The summed E-state index contributed by atoms with van der Waals surface area (Å²) >= 11 is 0. The van der Waals surface area contributed by atoms with E-state index in [0.717, 1.165) is 0 Å². The zero-order valence-corrected chi connectivity index (χ0v) is 19.7. The predicted molar refractivity (Wildman–Crippen MR) is 119 cm³/mol. The molecule has 8 nitrogen and oxygen atoms in total. The standard InChI is InChI=1S/C23H30F3N5O3/c1-12(27)30-11-15-5-6-19(21(30)28)31(15)20(32)9-14(29-22(33)34-23(2,3)4)7-13-8-17(25)18(26)10-16(13)24/h8,10,14-15,19,27-28H,5-7,9,11H2,1-4H3,(H,29,33)/t14-,15-,19+/m1/s1. The van der Waals surface area contributed by atoms with Crippen molar-refractivity contribution in [2.75, 3.05) is 6.54 Å². The van der Waals surface area contributed by atoms with Crippen LogP contribution in [0.2, 0.25) is 0 Å². The Hall–Kier alpha value is -3.11. The maximum Gasteiger partial charge on any atom is 0.407 e. The number of carbonyl (C=O) groups excluding carboxylic acids is 2. The first-order chi connectivity index (χ1) is 15.8. The van der Waals surface area contributed by atoms with Crippen molar-refractivity contribution in [1.82, 2.24) is 15.1 Å². The molecule has 2 aliphatic heterocycles. The van der Waals surface area contributed by atoms with Crippen LogP contribution in [0.3, 0.4) is 0 Å². The molecule has 3 N–H and O–H groups in total. The van der Waals surface area contributed by atoms with E-state index in [9.17, 15) is 22.8 Å². The molecule has 2 saturated heterocycles. The van der Waals surface area contributed by atoms with Crippen molar-refractivity contribution in [3.05, 3.63) is 35.1 Å². The Labute approximate surface area is 196 Å². The molecule has 3 atom stereocenters. The van der Waals surface area contributed by atoms with Gasteiger partial charge in [-0.15, -0.1) is 0 Å². The Morgan fingerprint density at radius 2 is 1.82 bits per heavy atom. The number of hydrogen-bond acceptors (Lipinski definition) is 5. The number of halogens is 3. The number of amidine groups is 2.